The van der Waals surface area contributed by atoms with E-state index in [2.05, 4.69) is 34.1 Å². The summed E-state index contributed by atoms with van der Waals surface area (Å²) in [5.74, 6) is -0.350. The average Bonchev–Trinajstić information content (AvgIpc) is 3.39. The van der Waals surface area contributed by atoms with Crippen molar-refractivity contribution < 1.29 is 9.59 Å². The Morgan fingerprint density at radius 2 is 1.75 bits per heavy atom. The molecular formula is C25H26N4O2S. The van der Waals surface area contributed by atoms with Gasteiger partial charge in [-0.3, -0.25) is 19.5 Å². The van der Waals surface area contributed by atoms with Crippen molar-refractivity contribution in [3.63, 3.8) is 0 Å². The van der Waals surface area contributed by atoms with Crippen LogP contribution < -0.4 is 0 Å². The fraction of sp³-hybridized carbons (Fsp3) is 0.320. The minimum absolute atomic E-state index is 0.0139. The average molecular weight is 447 g/mol. The Bertz CT molecular complexity index is 1080. The first-order valence-electron chi connectivity index (χ1n) is 11.0. The number of carbonyl (C=O) groups excluding carboxylic acids is 2. The molecule has 0 radical (unpaired) electrons. The molecule has 1 unspecified atom stereocenters. The minimum Gasteiger partial charge on any atom is -0.339 e. The number of amides is 2. The molecule has 3 aromatic rings. The number of nitrogens with zero attached hydrogens (tertiary/aromatic N) is 4. The molecule has 2 aliphatic rings. The van der Waals surface area contributed by atoms with Gasteiger partial charge in [0.1, 0.15) is 0 Å². The van der Waals surface area contributed by atoms with Crippen LogP contribution in [0, 0.1) is 0 Å². The van der Waals surface area contributed by atoms with Crippen LogP contribution in [0.1, 0.15) is 32.4 Å². The molecular weight excluding hydrogens is 420 g/mol. The number of piperazine rings is 1. The molecule has 7 heteroatoms. The van der Waals surface area contributed by atoms with Gasteiger partial charge in [-0.2, -0.15) is 0 Å². The third-order valence-corrected chi connectivity index (χ3v) is 7.13. The number of benzene rings is 1. The summed E-state index contributed by atoms with van der Waals surface area (Å²) in [7, 11) is 0. The molecule has 0 bridgehead atoms. The van der Waals surface area contributed by atoms with Crippen LogP contribution in [-0.4, -0.2) is 64.2 Å². The third kappa shape index (κ3) is 4.31. The molecule has 1 saturated heterocycles. The Labute approximate surface area is 192 Å². The van der Waals surface area contributed by atoms with Crippen molar-refractivity contribution in [1.82, 2.24) is 19.7 Å². The van der Waals surface area contributed by atoms with E-state index in [1.165, 1.54) is 16.9 Å². The van der Waals surface area contributed by atoms with Gasteiger partial charge < -0.3 is 9.80 Å². The first-order chi connectivity index (χ1) is 15.7. The summed E-state index contributed by atoms with van der Waals surface area (Å²) in [6.45, 7) is 4.87. The zero-order chi connectivity index (χ0) is 21.9. The SMILES string of the molecule is O=C(c1cccs1)N1Cc2cccnc2C(C(=O)N2CCN(Cc3ccccc3)CC2)C1. The lowest BCUT2D eigenvalue weighted by Gasteiger charge is -2.39. The number of hydrogen-bond acceptors (Lipinski definition) is 5. The predicted molar refractivity (Wildman–Crippen MR) is 124 cm³/mol. The van der Waals surface area contributed by atoms with E-state index in [1.54, 1.807) is 11.1 Å². The van der Waals surface area contributed by atoms with E-state index in [1.807, 2.05) is 40.6 Å². The molecule has 5 rings (SSSR count). The molecule has 0 N–H and O–H groups in total. The number of carbonyl (C=O) groups is 2. The molecule has 0 saturated carbocycles. The maximum absolute atomic E-state index is 13.6. The molecule has 1 atom stereocenters. The van der Waals surface area contributed by atoms with Crippen LogP contribution in [0.2, 0.25) is 0 Å². The Morgan fingerprint density at radius 1 is 0.938 bits per heavy atom. The van der Waals surface area contributed by atoms with Crippen molar-refractivity contribution in [2.75, 3.05) is 32.7 Å². The lowest BCUT2D eigenvalue weighted by Crippen LogP contribution is -2.52. The molecule has 2 aromatic heterocycles. The fourth-order valence-corrected chi connectivity index (χ4v) is 5.26. The zero-order valence-corrected chi connectivity index (χ0v) is 18.7. The Hall–Kier alpha value is -3.03. The van der Waals surface area contributed by atoms with Crippen LogP contribution in [0.15, 0.2) is 66.2 Å². The zero-order valence-electron chi connectivity index (χ0n) is 17.9. The number of rotatable bonds is 4. The van der Waals surface area contributed by atoms with Gasteiger partial charge in [-0.05, 0) is 28.6 Å². The van der Waals surface area contributed by atoms with Crippen LogP contribution in [0.5, 0.6) is 0 Å². The van der Waals surface area contributed by atoms with Crippen molar-refractivity contribution in [3.8, 4) is 0 Å². The lowest BCUT2D eigenvalue weighted by atomic mass is 9.93. The minimum atomic E-state index is -0.412. The van der Waals surface area contributed by atoms with Gasteiger partial charge >= 0.3 is 0 Å². The summed E-state index contributed by atoms with van der Waals surface area (Å²) in [5, 5.41) is 1.91. The molecule has 0 spiro atoms. The van der Waals surface area contributed by atoms with Crippen LogP contribution in [-0.2, 0) is 17.9 Å². The van der Waals surface area contributed by atoms with Crippen molar-refractivity contribution in [2.45, 2.75) is 19.0 Å². The summed E-state index contributed by atoms with van der Waals surface area (Å²) < 4.78 is 0. The smallest absolute Gasteiger partial charge is 0.264 e. The van der Waals surface area contributed by atoms with Crippen molar-refractivity contribution >= 4 is 23.2 Å². The number of thiophene rings is 1. The lowest BCUT2D eigenvalue weighted by molar-refractivity contribution is -0.135. The van der Waals surface area contributed by atoms with E-state index >= 15 is 0 Å². The Kier molecular flexibility index (Phi) is 6.01. The highest BCUT2D eigenvalue weighted by Crippen LogP contribution is 2.30. The van der Waals surface area contributed by atoms with Gasteiger partial charge in [0.2, 0.25) is 5.91 Å². The fourth-order valence-electron chi connectivity index (χ4n) is 4.57. The summed E-state index contributed by atoms with van der Waals surface area (Å²) in [6, 6.07) is 18.0. The molecule has 0 aliphatic carbocycles. The highest BCUT2D eigenvalue weighted by molar-refractivity contribution is 7.12. The van der Waals surface area contributed by atoms with E-state index in [0.717, 1.165) is 30.9 Å². The highest BCUT2D eigenvalue weighted by Gasteiger charge is 2.37. The Morgan fingerprint density at radius 3 is 2.50 bits per heavy atom. The predicted octanol–water partition coefficient (Wildman–Crippen LogP) is 3.23. The van der Waals surface area contributed by atoms with Gasteiger partial charge in [-0.25, -0.2) is 0 Å². The summed E-state index contributed by atoms with van der Waals surface area (Å²) in [6.07, 6.45) is 1.74. The molecule has 164 valence electrons. The molecule has 1 fully saturated rings. The number of aromatic nitrogens is 1. The third-order valence-electron chi connectivity index (χ3n) is 6.27. The van der Waals surface area contributed by atoms with E-state index < -0.39 is 5.92 Å². The second kappa shape index (κ2) is 9.22. The molecule has 32 heavy (non-hydrogen) atoms. The van der Waals surface area contributed by atoms with Gasteiger partial charge in [0, 0.05) is 52.0 Å². The molecule has 6 nitrogen and oxygen atoms in total. The van der Waals surface area contributed by atoms with Gasteiger partial charge in [0.25, 0.3) is 5.91 Å². The van der Waals surface area contributed by atoms with Gasteiger partial charge in [0.05, 0.1) is 16.5 Å². The first-order valence-corrected chi connectivity index (χ1v) is 11.9. The summed E-state index contributed by atoms with van der Waals surface area (Å²) >= 11 is 1.44. The number of hydrogen-bond donors (Lipinski definition) is 0. The van der Waals surface area contributed by atoms with Crippen LogP contribution >= 0.6 is 11.3 Å². The molecule has 2 amide bonds. The van der Waals surface area contributed by atoms with E-state index in [0.29, 0.717) is 31.1 Å². The largest absolute Gasteiger partial charge is 0.339 e. The maximum Gasteiger partial charge on any atom is 0.264 e. The van der Waals surface area contributed by atoms with E-state index in [-0.39, 0.29) is 11.8 Å². The topological polar surface area (TPSA) is 56.8 Å². The first kappa shape index (κ1) is 20.8. The number of fused-ring (bicyclic) bond motifs is 1. The Balaban J connectivity index is 1.29. The standard InChI is InChI=1S/C25H26N4O2S/c30-24(28-13-11-27(12-14-28)16-19-6-2-1-3-7-19)21-18-29(25(31)22-9-5-15-32-22)17-20-8-4-10-26-23(20)21/h1-10,15,21H,11-14,16-18H2. The molecule has 4 heterocycles. The second-order valence-electron chi connectivity index (χ2n) is 8.35. The molecule has 2 aliphatic heterocycles. The monoisotopic (exact) mass is 446 g/mol. The van der Waals surface area contributed by atoms with E-state index in [9.17, 15) is 9.59 Å². The van der Waals surface area contributed by atoms with E-state index in [4.69, 9.17) is 0 Å². The van der Waals surface area contributed by atoms with Crippen molar-refractivity contribution in [3.05, 3.63) is 87.9 Å². The highest BCUT2D eigenvalue weighted by atomic mass is 32.1. The van der Waals surface area contributed by atoms with Crippen LogP contribution in [0.3, 0.4) is 0 Å². The normalized spacial score (nSPS) is 18.9. The summed E-state index contributed by atoms with van der Waals surface area (Å²) in [4.78, 5) is 38.0. The van der Waals surface area contributed by atoms with Gasteiger partial charge in [-0.15, -0.1) is 11.3 Å². The van der Waals surface area contributed by atoms with Gasteiger partial charge in [-0.1, -0.05) is 42.5 Å². The van der Waals surface area contributed by atoms with Crippen LogP contribution in [0.4, 0.5) is 0 Å². The van der Waals surface area contributed by atoms with Crippen molar-refractivity contribution in [2.24, 2.45) is 0 Å². The summed E-state index contributed by atoms with van der Waals surface area (Å²) in [5.41, 5.74) is 3.07. The quantitative estimate of drug-likeness (QED) is 0.618. The van der Waals surface area contributed by atoms with Crippen molar-refractivity contribution in [1.29, 1.82) is 0 Å². The molecule has 1 aromatic carbocycles. The van der Waals surface area contributed by atoms with Gasteiger partial charge in [0.15, 0.2) is 0 Å². The second-order valence-corrected chi connectivity index (χ2v) is 9.30. The maximum atomic E-state index is 13.6. The van der Waals surface area contributed by atoms with Crippen LogP contribution in [0.25, 0.3) is 0 Å². The number of pyridine rings is 1.